The minimum Gasteiger partial charge on any atom is -0.471 e. The van der Waals surface area contributed by atoms with Crippen molar-refractivity contribution in [2.24, 2.45) is 0 Å². The van der Waals surface area contributed by atoms with Crippen LogP contribution in [0.4, 0.5) is 0 Å². The first-order valence-corrected chi connectivity index (χ1v) is 4.36. The number of hydrogen-bond donors (Lipinski definition) is 0. The molecule has 0 N–H and O–H groups in total. The minimum absolute atomic E-state index is 0.392. The largest absolute Gasteiger partial charge is 0.471 e. The van der Waals surface area contributed by atoms with Gasteiger partial charge in [-0.3, -0.25) is 0 Å². The summed E-state index contributed by atoms with van der Waals surface area (Å²) in [5, 5.41) is 3.93. The van der Waals surface area contributed by atoms with E-state index in [-0.39, 0.29) is 0 Å². The molecule has 4 heteroatoms. The predicted octanol–water partition coefficient (Wildman–Crippen LogP) is 1.62. The lowest BCUT2D eigenvalue weighted by Gasteiger charge is -2.05. The van der Waals surface area contributed by atoms with Gasteiger partial charge in [0.2, 0.25) is 0 Å². The van der Waals surface area contributed by atoms with Gasteiger partial charge in [-0.15, -0.1) is 0 Å². The molecule has 0 atom stereocenters. The lowest BCUT2D eigenvalue weighted by atomic mass is 10.2. The number of aryl methyl sites for hydroxylation is 1. The molecular weight excluding hydrogens is 178 g/mol. The average molecular weight is 189 g/mol. The van der Waals surface area contributed by atoms with Crippen LogP contribution in [0.1, 0.15) is 5.56 Å². The molecular formula is C10H11N3O. The van der Waals surface area contributed by atoms with Gasteiger partial charge in [0.25, 0.3) is 0 Å². The van der Waals surface area contributed by atoms with Gasteiger partial charge in [-0.1, -0.05) is 17.7 Å². The summed E-state index contributed by atoms with van der Waals surface area (Å²) in [7, 11) is 0. The third-order valence-corrected chi connectivity index (χ3v) is 1.85. The van der Waals surface area contributed by atoms with Gasteiger partial charge in [0.05, 0.1) is 0 Å². The molecule has 0 radical (unpaired) electrons. The molecule has 4 nitrogen and oxygen atoms in total. The number of rotatable bonds is 3. The fourth-order valence-electron chi connectivity index (χ4n) is 1.07. The molecule has 0 aliphatic rings. The standard InChI is InChI=1S/C10H11N3O/c1-9-2-4-10(5-3-9)14-8-13-7-11-6-12-13/h2-7H,8H2,1H3. The molecule has 2 aromatic rings. The van der Waals surface area contributed by atoms with E-state index in [9.17, 15) is 0 Å². The monoisotopic (exact) mass is 189 g/mol. The van der Waals surface area contributed by atoms with Crippen LogP contribution in [0.3, 0.4) is 0 Å². The number of aromatic nitrogens is 3. The van der Waals surface area contributed by atoms with Gasteiger partial charge in [0, 0.05) is 0 Å². The Morgan fingerprint density at radius 2 is 2.07 bits per heavy atom. The number of ether oxygens (including phenoxy) is 1. The van der Waals surface area contributed by atoms with Gasteiger partial charge < -0.3 is 4.74 Å². The summed E-state index contributed by atoms with van der Waals surface area (Å²) in [6.45, 7) is 2.43. The van der Waals surface area contributed by atoms with Crippen LogP contribution in [0.5, 0.6) is 5.75 Å². The summed E-state index contributed by atoms with van der Waals surface area (Å²) < 4.78 is 7.09. The average Bonchev–Trinajstić information content (AvgIpc) is 2.70. The van der Waals surface area contributed by atoms with Crippen molar-refractivity contribution in [1.29, 1.82) is 0 Å². The molecule has 0 fully saturated rings. The Bertz CT molecular complexity index is 380. The summed E-state index contributed by atoms with van der Waals surface area (Å²) in [4.78, 5) is 3.82. The Hall–Kier alpha value is -1.84. The topological polar surface area (TPSA) is 39.9 Å². The van der Waals surface area contributed by atoms with E-state index in [1.807, 2.05) is 31.2 Å². The first kappa shape index (κ1) is 8.74. The first-order chi connectivity index (χ1) is 6.84. The van der Waals surface area contributed by atoms with Crippen LogP contribution in [0, 0.1) is 6.92 Å². The molecule has 0 saturated carbocycles. The van der Waals surface area contributed by atoms with E-state index in [4.69, 9.17) is 4.74 Å². The van der Waals surface area contributed by atoms with Crippen LogP contribution >= 0.6 is 0 Å². The number of nitrogens with zero attached hydrogens (tertiary/aromatic N) is 3. The molecule has 2 rings (SSSR count). The molecule has 0 saturated heterocycles. The van der Waals surface area contributed by atoms with Crippen molar-refractivity contribution in [1.82, 2.24) is 14.8 Å². The lowest BCUT2D eigenvalue weighted by Crippen LogP contribution is -2.05. The van der Waals surface area contributed by atoms with E-state index < -0.39 is 0 Å². The molecule has 0 spiro atoms. The third kappa shape index (κ3) is 2.10. The summed E-state index contributed by atoms with van der Waals surface area (Å²) in [5.41, 5.74) is 1.22. The molecule has 14 heavy (non-hydrogen) atoms. The smallest absolute Gasteiger partial charge is 0.182 e. The molecule has 1 aromatic carbocycles. The van der Waals surface area contributed by atoms with Crippen molar-refractivity contribution < 1.29 is 4.74 Å². The Morgan fingerprint density at radius 1 is 1.29 bits per heavy atom. The maximum absolute atomic E-state index is 5.47. The van der Waals surface area contributed by atoms with E-state index in [0.29, 0.717) is 6.73 Å². The van der Waals surface area contributed by atoms with Crippen LogP contribution in [0.25, 0.3) is 0 Å². The molecule has 0 bridgehead atoms. The van der Waals surface area contributed by atoms with E-state index in [1.165, 1.54) is 11.9 Å². The van der Waals surface area contributed by atoms with E-state index >= 15 is 0 Å². The van der Waals surface area contributed by atoms with Gasteiger partial charge in [0.1, 0.15) is 18.4 Å². The van der Waals surface area contributed by atoms with Crippen molar-refractivity contribution in [2.45, 2.75) is 13.7 Å². The van der Waals surface area contributed by atoms with Gasteiger partial charge >= 0.3 is 0 Å². The fraction of sp³-hybridized carbons (Fsp3) is 0.200. The molecule has 0 unspecified atom stereocenters. The highest BCUT2D eigenvalue weighted by molar-refractivity contribution is 5.25. The normalized spacial score (nSPS) is 10.1. The Balaban J connectivity index is 1.95. The van der Waals surface area contributed by atoms with Crippen LogP contribution in [-0.4, -0.2) is 14.8 Å². The molecule has 1 heterocycles. The molecule has 1 aromatic heterocycles. The SMILES string of the molecule is Cc1ccc(OCn2cncn2)cc1. The molecule has 0 aliphatic heterocycles. The van der Waals surface area contributed by atoms with E-state index in [0.717, 1.165) is 5.75 Å². The molecule has 0 aliphatic carbocycles. The highest BCUT2D eigenvalue weighted by Crippen LogP contribution is 2.11. The molecule has 72 valence electrons. The predicted molar refractivity (Wildman–Crippen MR) is 51.8 cm³/mol. The van der Waals surface area contributed by atoms with Crippen LogP contribution < -0.4 is 4.74 Å². The van der Waals surface area contributed by atoms with Gasteiger partial charge in [-0.2, -0.15) is 5.10 Å². The fourth-order valence-corrected chi connectivity index (χ4v) is 1.07. The van der Waals surface area contributed by atoms with Crippen molar-refractivity contribution in [3.63, 3.8) is 0 Å². The van der Waals surface area contributed by atoms with E-state index in [2.05, 4.69) is 10.1 Å². The quantitative estimate of drug-likeness (QED) is 0.736. The second kappa shape index (κ2) is 3.91. The zero-order chi connectivity index (χ0) is 9.80. The van der Waals surface area contributed by atoms with Crippen molar-refractivity contribution in [2.75, 3.05) is 0 Å². The van der Waals surface area contributed by atoms with Crippen molar-refractivity contribution >= 4 is 0 Å². The van der Waals surface area contributed by atoms with Crippen LogP contribution in [0.15, 0.2) is 36.9 Å². The first-order valence-electron chi connectivity index (χ1n) is 4.36. The summed E-state index contributed by atoms with van der Waals surface area (Å²) >= 11 is 0. The van der Waals surface area contributed by atoms with E-state index in [1.54, 1.807) is 11.0 Å². The summed E-state index contributed by atoms with van der Waals surface area (Å²) in [6, 6.07) is 7.89. The highest BCUT2D eigenvalue weighted by atomic mass is 16.5. The second-order valence-corrected chi connectivity index (χ2v) is 3.02. The van der Waals surface area contributed by atoms with Gasteiger partial charge in [-0.25, -0.2) is 9.67 Å². The Labute approximate surface area is 82.2 Å². The van der Waals surface area contributed by atoms with Crippen LogP contribution in [0.2, 0.25) is 0 Å². The van der Waals surface area contributed by atoms with Crippen molar-refractivity contribution in [3.05, 3.63) is 42.5 Å². The van der Waals surface area contributed by atoms with Gasteiger partial charge in [-0.05, 0) is 19.1 Å². The third-order valence-electron chi connectivity index (χ3n) is 1.85. The van der Waals surface area contributed by atoms with Crippen LogP contribution in [-0.2, 0) is 6.73 Å². The lowest BCUT2D eigenvalue weighted by molar-refractivity contribution is 0.220. The summed E-state index contributed by atoms with van der Waals surface area (Å²) in [6.07, 6.45) is 3.10. The minimum atomic E-state index is 0.392. The van der Waals surface area contributed by atoms with Gasteiger partial charge in [0.15, 0.2) is 6.73 Å². The maximum atomic E-state index is 5.47. The zero-order valence-electron chi connectivity index (χ0n) is 7.92. The number of hydrogen-bond acceptors (Lipinski definition) is 3. The summed E-state index contributed by atoms with van der Waals surface area (Å²) in [5.74, 6) is 0.839. The Kier molecular flexibility index (Phi) is 2.44. The zero-order valence-corrected chi connectivity index (χ0v) is 7.92. The second-order valence-electron chi connectivity index (χ2n) is 3.02. The maximum Gasteiger partial charge on any atom is 0.182 e. The molecule has 0 amide bonds. The Morgan fingerprint density at radius 3 is 2.71 bits per heavy atom. The number of benzene rings is 1. The van der Waals surface area contributed by atoms with Crippen molar-refractivity contribution in [3.8, 4) is 5.75 Å². The highest BCUT2D eigenvalue weighted by Gasteiger charge is 1.93.